The standard InChI is InChI=1S/C17H20FN5O2/c1-11-4-2-3-5-12(11)6-16(24)23-8-13(18)7-14(23)9-22-10-15(17(19)25)20-21-22/h2-5,10,13-14H,6-9H2,1H3,(H2,19,25). The first kappa shape index (κ1) is 17.1. The molecule has 2 atom stereocenters. The van der Waals surface area contributed by atoms with Gasteiger partial charge in [-0.15, -0.1) is 5.10 Å². The summed E-state index contributed by atoms with van der Waals surface area (Å²) in [6, 6.07) is 7.33. The Morgan fingerprint density at radius 3 is 2.80 bits per heavy atom. The number of hydrogen-bond donors (Lipinski definition) is 1. The third-order valence-electron chi connectivity index (χ3n) is 4.48. The Hall–Kier alpha value is -2.77. The zero-order valence-electron chi connectivity index (χ0n) is 13.9. The van der Waals surface area contributed by atoms with Gasteiger partial charge in [0, 0.05) is 6.42 Å². The zero-order valence-corrected chi connectivity index (χ0v) is 13.9. The van der Waals surface area contributed by atoms with Gasteiger partial charge in [0.1, 0.15) is 6.17 Å². The molecular formula is C17H20FN5O2. The van der Waals surface area contributed by atoms with Crippen LogP contribution in [0.1, 0.15) is 28.0 Å². The molecule has 1 aliphatic heterocycles. The summed E-state index contributed by atoms with van der Waals surface area (Å²) in [5.74, 6) is -0.789. The summed E-state index contributed by atoms with van der Waals surface area (Å²) >= 11 is 0. The predicted octanol–water partition coefficient (Wildman–Crippen LogP) is 0.867. The smallest absolute Gasteiger partial charge is 0.270 e. The second-order valence-corrected chi connectivity index (χ2v) is 6.33. The maximum Gasteiger partial charge on any atom is 0.270 e. The first-order chi connectivity index (χ1) is 11.9. The van der Waals surface area contributed by atoms with Crippen LogP contribution in [0.4, 0.5) is 4.39 Å². The third-order valence-corrected chi connectivity index (χ3v) is 4.48. The van der Waals surface area contributed by atoms with Crippen molar-refractivity contribution in [1.29, 1.82) is 0 Å². The molecule has 1 aromatic carbocycles. The van der Waals surface area contributed by atoms with E-state index in [0.29, 0.717) is 0 Å². The molecule has 0 aliphatic carbocycles. The molecule has 132 valence electrons. The highest BCUT2D eigenvalue weighted by atomic mass is 19.1. The Morgan fingerprint density at radius 1 is 1.36 bits per heavy atom. The molecule has 1 saturated heterocycles. The van der Waals surface area contributed by atoms with Crippen molar-refractivity contribution >= 4 is 11.8 Å². The summed E-state index contributed by atoms with van der Waals surface area (Å²) in [6.45, 7) is 2.30. The first-order valence-electron chi connectivity index (χ1n) is 8.12. The molecule has 3 rings (SSSR count). The molecule has 7 nitrogen and oxygen atoms in total. The number of carbonyl (C=O) groups is 2. The van der Waals surface area contributed by atoms with Gasteiger partial charge in [0.05, 0.1) is 31.7 Å². The van der Waals surface area contributed by atoms with E-state index in [-0.39, 0.29) is 43.6 Å². The molecule has 2 N–H and O–H groups in total. The van der Waals surface area contributed by atoms with Crippen LogP contribution in [0, 0.1) is 6.92 Å². The minimum atomic E-state index is -1.06. The molecule has 1 aromatic heterocycles. The fourth-order valence-corrected chi connectivity index (χ4v) is 3.13. The van der Waals surface area contributed by atoms with Crippen LogP contribution in [0.2, 0.25) is 0 Å². The monoisotopic (exact) mass is 345 g/mol. The summed E-state index contributed by atoms with van der Waals surface area (Å²) < 4.78 is 15.4. The fourth-order valence-electron chi connectivity index (χ4n) is 3.13. The lowest BCUT2D eigenvalue weighted by molar-refractivity contribution is -0.131. The summed E-state index contributed by atoms with van der Waals surface area (Å²) in [7, 11) is 0. The van der Waals surface area contributed by atoms with E-state index in [0.717, 1.165) is 11.1 Å². The molecule has 0 spiro atoms. The summed E-state index contributed by atoms with van der Waals surface area (Å²) in [5.41, 5.74) is 7.17. The number of aryl methyl sites for hydroxylation is 1. The lowest BCUT2D eigenvalue weighted by Gasteiger charge is -2.24. The minimum absolute atomic E-state index is 0.0487. The number of carbonyl (C=O) groups excluding carboxylic acids is 2. The van der Waals surface area contributed by atoms with Gasteiger partial charge >= 0.3 is 0 Å². The molecule has 2 heterocycles. The van der Waals surface area contributed by atoms with Crippen LogP contribution in [0.15, 0.2) is 30.5 Å². The van der Waals surface area contributed by atoms with Gasteiger partial charge in [-0.25, -0.2) is 9.07 Å². The lowest BCUT2D eigenvalue weighted by atomic mass is 10.1. The number of benzene rings is 1. The minimum Gasteiger partial charge on any atom is -0.364 e. The summed E-state index contributed by atoms with van der Waals surface area (Å²) in [4.78, 5) is 25.3. The van der Waals surface area contributed by atoms with Crippen LogP contribution < -0.4 is 5.73 Å². The van der Waals surface area contributed by atoms with E-state index >= 15 is 0 Å². The Morgan fingerprint density at radius 2 is 2.12 bits per heavy atom. The molecule has 8 heteroatoms. The molecule has 2 aromatic rings. The number of nitrogens with zero attached hydrogens (tertiary/aromatic N) is 4. The van der Waals surface area contributed by atoms with Crippen molar-refractivity contribution in [1.82, 2.24) is 19.9 Å². The number of likely N-dealkylation sites (tertiary alicyclic amines) is 1. The second kappa shape index (κ2) is 7.00. The van der Waals surface area contributed by atoms with E-state index in [1.165, 1.54) is 10.9 Å². The van der Waals surface area contributed by atoms with Crippen LogP contribution in [0.5, 0.6) is 0 Å². The van der Waals surface area contributed by atoms with E-state index in [4.69, 9.17) is 5.73 Å². The molecule has 0 bridgehead atoms. The van der Waals surface area contributed by atoms with E-state index < -0.39 is 12.1 Å². The summed E-state index contributed by atoms with van der Waals surface area (Å²) in [6.07, 6.45) is 0.827. The van der Waals surface area contributed by atoms with Crippen LogP contribution in [0.3, 0.4) is 0 Å². The number of aromatic nitrogens is 3. The highest BCUT2D eigenvalue weighted by molar-refractivity contribution is 5.90. The maximum atomic E-state index is 13.9. The normalized spacial score (nSPS) is 20.0. The quantitative estimate of drug-likeness (QED) is 0.870. The second-order valence-electron chi connectivity index (χ2n) is 6.33. The molecule has 0 radical (unpaired) electrons. The maximum absolute atomic E-state index is 13.9. The zero-order chi connectivity index (χ0) is 18.0. The Bertz CT molecular complexity index is 791. The SMILES string of the molecule is Cc1ccccc1CC(=O)N1CC(F)CC1Cn1cc(C(N)=O)nn1. The lowest BCUT2D eigenvalue weighted by Crippen LogP contribution is -2.39. The van der Waals surface area contributed by atoms with Crippen molar-refractivity contribution in [2.75, 3.05) is 6.54 Å². The van der Waals surface area contributed by atoms with E-state index in [9.17, 15) is 14.0 Å². The molecule has 2 unspecified atom stereocenters. The van der Waals surface area contributed by atoms with Crippen molar-refractivity contribution in [2.45, 2.75) is 38.5 Å². The number of alkyl halides is 1. The molecule has 25 heavy (non-hydrogen) atoms. The van der Waals surface area contributed by atoms with E-state index in [1.54, 1.807) is 4.90 Å². The predicted molar refractivity (Wildman–Crippen MR) is 88.4 cm³/mol. The molecule has 1 aliphatic rings. The van der Waals surface area contributed by atoms with Crippen LogP contribution in [-0.2, 0) is 17.8 Å². The van der Waals surface area contributed by atoms with Crippen molar-refractivity contribution < 1.29 is 14.0 Å². The van der Waals surface area contributed by atoms with Crippen LogP contribution in [-0.4, -0.2) is 50.5 Å². The third kappa shape index (κ3) is 3.84. The number of halogens is 1. The fraction of sp³-hybridized carbons (Fsp3) is 0.412. The van der Waals surface area contributed by atoms with Crippen molar-refractivity contribution in [3.05, 3.63) is 47.3 Å². The van der Waals surface area contributed by atoms with Crippen molar-refractivity contribution in [3.63, 3.8) is 0 Å². The Kier molecular flexibility index (Phi) is 4.78. The Labute approximate surface area is 144 Å². The van der Waals surface area contributed by atoms with Crippen molar-refractivity contribution in [2.24, 2.45) is 5.73 Å². The van der Waals surface area contributed by atoms with Gasteiger partial charge in [-0.05, 0) is 18.1 Å². The number of amides is 2. The number of primary amides is 1. The average molecular weight is 345 g/mol. The largest absolute Gasteiger partial charge is 0.364 e. The average Bonchev–Trinajstić information content (AvgIpc) is 3.17. The van der Waals surface area contributed by atoms with Crippen molar-refractivity contribution in [3.8, 4) is 0 Å². The molecule has 2 amide bonds. The Balaban J connectivity index is 1.71. The number of hydrogen-bond acceptors (Lipinski definition) is 4. The molecular weight excluding hydrogens is 325 g/mol. The van der Waals surface area contributed by atoms with Gasteiger partial charge < -0.3 is 10.6 Å². The van der Waals surface area contributed by atoms with Gasteiger partial charge in [-0.1, -0.05) is 29.5 Å². The van der Waals surface area contributed by atoms with Gasteiger partial charge in [0.2, 0.25) is 5.91 Å². The topological polar surface area (TPSA) is 94.1 Å². The molecule has 0 saturated carbocycles. The number of rotatable bonds is 5. The van der Waals surface area contributed by atoms with Crippen LogP contribution in [0.25, 0.3) is 0 Å². The highest BCUT2D eigenvalue weighted by Gasteiger charge is 2.35. The van der Waals surface area contributed by atoms with E-state index in [2.05, 4.69) is 10.3 Å². The highest BCUT2D eigenvalue weighted by Crippen LogP contribution is 2.23. The van der Waals surface area contributed by atoms with Gasteiger partial charge in [0.25, 0.3) is 5.91 Å². The van der Waals surface area contributed by atoms with E-state index in [1.807, 2.05) is 31.2 Å². The molecule has 1 fully saturated rings. The van der Waals surface area contributed by atoms with Crippen LogP contribution >= 0.6 is 0 Å². The summed E-state index contributed by atoms with van der Waals surface area (Å²) in [5, 5.41) is 7.49. The van der Waals surface area contributed by atoms with Gasteiger partial charge in [-0.3, -0.25) is 9.59 Å². The van der Waals surface area contributed by atoms with Gasteiger partial charge in [0.15, 0.2) is 5.69 Å². The first-order valence-corrected chi connectivity index (χ1v) is 8.12. The number of nitrogens with two attached hydrogens (primary N) is 1. The van der Waals surface area contributed by atoms with Gasteiger partial charge in [-0.2, -0.15) is 0 Å².